The van der Waals surface area contributed by atoms with Crippen LogP contribution in [0.1, 0.15) is 33.6 Å². The van der Waals surface area contributed by atoms with E-state index in [-0.39, 0.29) is 5.91 Å². The van der Waals surface area contributed by atoms with E-state index < -0.39 is 0 Å². The van der Waals surface area contributed by atoms with E-state index in [1.807, 2.05) is 34.8 Å². The molecule has 3 heterocycles. The third-order valence-electron chi connectivity index (χ3n) is 6.78. The molecule has 5 rings (SSSR count). The Kier molecular flexibility index (Phi) is 5.60. The number of carbonyl (C=O) groups excluding carboxylic acids is 1. The van der Waals surface area contributed by atoms with Gasteiger partial charge in [-0.2, -0.15) is 5.10 Å². The normalized spacial score (nSPS) is 18.6. The number of fused-ring (bicyclic) bond motifs is 1. The van der Waals surface area contributed by atoms with Gasteiger partial charge in [0, 0.05) is 48.9 Å². The number of amides is 1. The average Bonchev–Trinajstić information content (AvgIpc) is 3.35. The number of hydrogen-bond donors (Lipinski definition) is 1. The van der Waals surface area contributed by atoms with Crippen LogP contribution in [-0.4, -0.2) is 46.8 Å². The molecule has 1 N–H and O–H groups in total. The molecule has 5 heteroatoms. The molecule has 0 radical (unpaired) electrons. The molecule has 160 valence electrons. The van der Waals surface area contributed by atoms with Gasteiger partial charge in [0.1, 0.15) is 0 Å². The zero-order valence-corrected chi connectivity index (χ0v) is 18.2. The first kappa shape index (κ1) is 20.0. The smallest absolute Gasteiger partial charge is 0.254 e. The monoisotopic (exact) mass is 414 g/mol. The first-order chi connectivity index (χ1) is 15.2. The maximum absolute atomic E-state index is 13.5. The van der Waals surface area contributed by atoms with Gasteiger partial charge in [0.25, 0.3) is 5.91 Å². The molecule has 2 aliphatic rings. The van der Waals surface area contributed by atoms with Gasteiger partial charge in [-0.3, -0.25) is 9.48 Å². The molecule has 31 heavy (non-hydrogen) atoms. The summed E-state index contributed by atoms with van der Waals surface area (Å²) >= 11 is 0. The molecule has 5 nitrogen and oxygen atoms in total. The van der Waals surface area contributed by atoms with E-state index in [1.165, 1.54) is 23.2 Å². The summed E-state index contributed by atoms with van der Waals surface area (Å²) < 4.78 is 2.01. The standard InChI is InChI=1S/C26H30N4O/c1-29-24-13-16-30(15-12-23(24)25(28-29)20-7-3-2-4-8-20)26(31)22-10-6-5-9-21(22)17-19-11-14-27-18-19/h2-10,19,27H,11-18H2,1H3. The molecule has 0 spiro atoms. The van der Waals surface area contributed by atoms with Gasteiger partial charge < -0.3 is 10.2 Å². The van der Waals surface area contributed by atoms with Gasteiger partial charge in [-0.25, -0.2) is 0 Å². The fraction of sp³-hybridized carbons (Fsp3) is 0.385. The third-order valence-corrected chi connectivity index (χ3v) is 6.78. The highest BCUT2D eigenvalue weighted by molar-refractivity contribution is 5.95. The van der Waals surface area contributed by atoms with Gasteiger partial charge in [-0.15, -0.1) is 0 Å². The Morgan fingerprint density at radius 1 is 1.06 bits per heavy atom. The van der Waals surface area contributed by atoms with Crippen molar-refractivity contribution < 1.29 is 4.79 Å². The van der Waals surface area contributed by atoms with Gasteiger partial charge in [0.15, 0.2) is 0 Å². The Morgan fingerprint density at radius 2 is 1.84 bits per heavy atom. The van der Waals surface area contributed by atoms with Crippen molar-refractivity contribution in [1.29, 1.82) is 0 Å². The van der Waals surface area contributed by atoms with Crippen LogP contribution in [0.4, 0.5) is 0 Å². The summed E-state index contributed by atoms with van der Waals surface area (Å²) in [5.41, 5.74) is 6.81. The van der Waals surface area contributed by atoms with E-state index in [1.54, 1.807) is 0 Å². The number of hydrogen-bond acceptors (Lipinski definition) is 3. The van der Waals surface area contributed by atoms with E-state index >= 15 is 0 Å². The highest BCUT2D eigenvalue weighted by atomic mass is 16.2. The highest BCUT2D eigenvalue weighted by Crippen LogP contribution is 2.28. The molecule has 2 aliphatic heterocycles. The van der Waals surface area contributed by atoms with Crippen molar-refractivity contribution in [3.05, 3.63) is 77.0 Å². The second-order valence-corrected chi connectivity index (χ2v) is 8.78. The van der Waals surface area contributed by atoms with Crippen LogP contribution in [0.25, 0.3) is 11.3 Å². The number of nitrogens with zero attached hydrogens (tertiary/aromatic N) is 3. The van der Waals surface area contributed by atoms with Crippen LogP contribution in [0.3, 0.4) is 0 Å². The van der Waals surface area contributed by atoms with E-state index in [9.17, 15) is 4.79 Å². The van der Waals surface area contributed by atoms with E-state index in [2.05, 4.69) is 41.7 Å². The summed E-state index contributed by atoms with van der Waals surface area (Å²) in [7, 11) is 2.02. The van der Waals surface area contributed by atoms with Crippen molar-refractivity contribution in [3.8, 4) is 11.3 Å². The molecule has 1 fully saturated rings. The van der Waals surface area contributed by atoms with Crippen molar-refractivity contribution in [2.75, 3.05) is 26.2 Å². The highest BCUT2D eigenvalue weighted by Gasteiger charge is 2.26. The summed E-state index contributed by atoms with van der Waals surface area (Å²) in [5.74, 6) is 0.797. The Labute approximate surface area is 184 Å². The minimum Gasteiger partial charge on any atom is -0.338 e. The van der Waals surface area contributed by atoms with Crippen LogP contribution < -0.4 is 5.32 Å². The summed E-state index contributed by atoms with van der Waals surface area (Å²) in [6, 6.07) is 18.6. The molecule has 1 aromatic heterocycles. The summed E-state index contributed by atoms with van der Waals surface area (Å²) in [6.45, 7) is 3.61. The molecule has 3 aromatic rings. The Balaban J connectivity index is 1.37. The van der Waals surface area contributed by atoms with Crippen LogP contribution >= 0.6 is 0 Å². The van der Waals surface area contributed by atoms with Crippen LogP contribution in [0.2, 0.25) is 0 Å². The van der Waals surface area contributed by atoms with Crippen molar-refractivity contribution >= 4 is 5.91 Å². The number of carbonyl (C=O) groups is 1. The van der Waals surface area contributed by atoms with Crippen LogP contribution in [0, 0.1) is 5.92 Å². The van der Waals surface area contributed by atoms with Gasteiger partial charge in [0.05, 0.1) is 5.69 Å². The van der Waals surface area contributed by atoms with Crippen LogP contribution in [0.5, 0.6) is 0 Å². The molecule has 2 aromatic carbocycles. The molecule has 1 amide bonds. The average molecular weight is 415 g/mol. The predicted octanol–water partition coefficient (Wildman–Crippen LogP) is 3.48. The lowest BCUT2D eigenvalue weighted by Gasteiger charge is -2.22. The first-order valence-corrected chi connectivity index (χ1v) is 11.4. The Morgan fingerprint density at radius 3 is 2.65 bits per heavy atom. The quantitative estimate of drug-likeness (QED) is 0.711. The second kappa shape index (κ2) is 8.67. The topological polar surface area (TPSA) is 50.2 Å². The number of rotatable bonds is 4. The lowest BCUT2D eigenvalue weighted by molar-refractivity contribution is 0.0761. The number of aromatic nitrogens is 2. The van der Waals surface area contributed by atoms with Crippen molar-refractivity contribution in [2.45, 2.75) is 25.7 Å². The van der Waals surface area contributed by atoms with Gasteiger partial charge in [-0.05, 0) is 49.9 Å². The lowest BCUT2D eigenvalue weighted by Crippen LogP contribution is -2.34. The van der Waals surface area contributed by atoms with E-state index in [0.717, 1.165) is 62.3 Å². The minimum atomic E-state index is 0.170. The fourth-order valence-electron chi connectivity index (χ4n) is 5.09. The molecule has 1 saturated heterocycles. The largest absolute Gasteiger partial charge is 0.338 e. The van der Waals surface area contributed by atoms with Crippen LogP contribution in [0.15, 0.2) is 54.6 Å². The fourth-order valence-corrected chi connectivity index (χ4v) is 5.09. The number of nitrogens with one attached hydrogen (secondary N) is 1. The van der Waals surface area contributed by atoms with Crippen LogP contribution in [-0.2, 0) is 26.3 Å². The summed E-state index contributed by atoms with van der Waals surface area (Å²) in [6.07, 6.45) is 3.85. The predicted molar refractivity (Wildman–Crippen MR) is 123 cm³/mol. The maximum atomic E-state index is 13.5. The molecule has 1 atom stereocenters. The lowest BCUT2D eigenvalue weighted by atomic mass is 9.94. The SMILES string of the molecule is Cn1nc(-c2ccccc2)c2c1CCN(C(=O)c1ccccc1CC1CCNC1)CC2. The molecular formula is C26H30N4O. The maximum Gasteiger partial charge on any atom is 0.254 e. The number of aryl methyl sites for hydroxylation is 1. The molecule has 0 aliphatic carbocycles. The molecular weight excluding hydrogens is 384 g/mol. The van der Waals surface area contributed by atoms with E-state index in [0.29, 0.717) is 5.92 Å². The molecule has 0 saturated carbocycles. The Hall–Kier alpha value is -2.92. The van der Waals surface area contributed by atoms with Crippen molar-refractivity contribution in [1.82, 2.24) is 20.0 Å². The van der Waals surface area contributed by atoms with Gasteiger partial charge >= 0.3 is 0 Å². The van der Waals surface area contributed by atoms with Crippen molar-refractivity contribution in [2.24, 2.45) is 13.0 Å². The zero-order valence-electron chi connectivity index (χ0n) is 18.2. The second-order valence-electron chi connectivity index (χ2n) is 8.78. The van der Waals surface area contributed by atoms with Gasteiger partial charge in [-0.1, -0.05) is 48.5 Å². The third kappa shape index (κ3) is 4.02. The zero-order chi connectivity index (χ0) is 21.2. The Bertz CT molecular complexity index is 1070. The summed E-state index contributed by atoms with van der Waals surface area (Å²) in [5, 5.41) is 8.25. The summed E-state index contributed by atoms with van der Waals surface area (Å²) in [4.78, 5) is 15.6. The molecule has 0 bridgehead atoms. The van der Waals surface area contributed by atoms with Gasteiger partial charge in [0.2, 0.25) is 0 Å². The van der Waals surface area contributed by atoms with Crippen molar-refractivity contribution in [3.63, 3.8) is 0 Å². The molecule has 1 unspecified atom stereocenters. The van der Waals surface area contributed by atoms with E-state index in [4.69, 9.17) is 5.10 Å². The number of benzene rings is 2. The first-order valence-electron chi connectivity index (χ1n) is 11.4. The minimum absolute atomic E-state index is 0.170.